The molecule has 4 N–H and O–H groups in total. The van der Waals surface area contributed by atoms with Gasteiger partial charge in [0.05, 0.1) is 0 Å². The van der Waals surface area contributed by atoms with E-state index in [0.29, 0.717) is 0 Å². The van der Waals surface area contributed by atoms with Crippen LogP contribution in [0.5, 0.6) is 0 Å². The van der Waals surface area contributed by atoms with Crippen LogP contribution in [-0.4, -0.2) is 56.6 Å². The van der Waals surface area contributed by atoms with Crippen LogP contribution in [0, 0.1) is 0 Å². The molecule has 4 heavy (non-hydrogen) atoms. The zero-order valence-corrected chi connectivity index (χ0v) is 1.00. The van der Waals surface area contributed by atoms with E-state index < -0.39 is 0 Å². The molecule has 0 aromatic heterocycles. The minimum absolute atomic E-state index is 0. The van der Waals surface area contributed by atoms with Gasteiger partial charge in [0, 0.05) is 0 Å². The van der Waals surface area contributed by atoms with Gasteiger partial charge in [-0.15, -0.1) is 0 Å². The van der Waals surface area contributed by atoms with E-state index in [-0.39, 0.29) is 56.6 Å². The van der Waals surface area contributed by atoms with Gasteiger partial charge in [0.1, 0.15) is 0 Å². The van der Waals surface area contributed by atoms with Crippen molar-refractivity contribution in [2.45, 2.75) is 0 Å². The van der Waals surface area contributed by atoms with Gasteiger partial charge in [-0.1, -0.05) is 0 Å². The van der Waals surface area contributed by atoms with Crippen molar-refractivity contribution < 1.29 is 11.0 Å². The van der Waals surface area contributed by atoms with Gasteiger partial charge in [-0.3, -0.25) is 0 Å². The fourth-order valence-electron chi connectivity index (χ4n) is 0. The first-order valence-corrected chi connectivity index (χ1v) is 0. The number of hydrogen-bond donors (Lipinski definition) is 0. The van der Waals surface area contributed by atoms with Crippen molar-refractivity contribution in [3.8, 4) is 0 Å². The standard InChI is InChI=1S/Ga.In.2H2O.6H/h;;2*1H2;;;;;;. The normalized spacial score (nSPS) is 0. The van der Waals surface area contributed by atoms with Gasteiger partial charge >= 0.3 is 45.6 Å². The zero-order valence-electron chi connectivity index (χ0n) is 1.00. The second kappa shape index (κ2) is 25.5. The van der Waals surface area contributed by atoms with E-state index in [0.717, 1.165) is 0 Å². The van der Waals surface area contributed by atoms with Crippen LogP contribution >= 0.6 is 0 Å². The summed E-state index contributed by atoms with van der Waals surface area (Å²) in [6.45, 7) is 0. The molecule has 0 aliphatic rings. The Morgan fingerprint density at radius 1 is 0.750 bits per heavy atom. The van der Waals surface area contributed by atoms with E-state index in [9.17, 15) is 0 Å². The first kappa shape index (κ1) is 52.3. The molecule has 0 spiro atoms. The Kier molecular flexibility index (Phi) is 334. The Labute approximate surface area is 56.4 Å². The minimum atomic E-state index is 0. The first-order chi connectivity index (χ1) is 0. The van der Waals surface area contributed by atoms with Crippen LogP contribution in [0.3, 0.4) is 0 Å². The summed E-state index contributed by atoms with van der Waals surface area (Å²) >= 11 is 0. The molecule has 0 fully saturated rings. The maximum atomic E-state index is 0. The molecule has 0 unspecified atom stereocenters. The second-order valence-electron chi connectivity index (χ2n) is 0. The SMILES string of the molecule is O.O.[GaH3].[InH3]. The molecule has 0 aromatic rings. The zero-order chi connectivity index (χ0) is 0. The summed E-state index contributed by atoms with van der Waals surface area (Å²) in [5.74, 6) is 0. The predicted molar refractivity (Wildman–Crippen MR) is 27.1 cm³/mol. The maximum absolute atomic E-state index is 0. The van der Waals surface area contributed by atoms with Gasteiger partial charge in [-0.2, -0.15) is 0 Å². The molecule has 0 rings (SSSR count). The van der Waals surface area contributed by atoms with Crippen LogP contribution < -0.4 is 0 Å². The van der Waals surface area contributed by atoms with E-state index in [1.54, 1.807) is 0 Å². The van der Waals surface area contributed by atoms with Crippen LogP contribution in [0.1, 0.15) is 0 Å². The quantitative estimate of drug-likeness (QED) is 0.378. The summed E-state index contributed by atoms with van der Waals surface area (Å²) in [5, 5.41) is 0. The third-order valence-corrected chi connectivity index (χ3v) is 0. The molecule has 0 saturated heterocycles. The third kappa shape index (κ3) is 9.91. The molecular weight excluding hydrogens is 217 g/mol. The van der Waals surface area contributed by atoms with Crippen molar-refractivity contribution in [1.29, 1.82) is 0 Å². The molecule has 2 nitrogen and oxygen atoms in total. The topological polar surface area (TPSA) is 63.0 Å². The van der Waals surface area contributed by atoms with Crippen molar-refractivity contribution in [1.82, 2.24) is 0 Å². The van der Waals surface area contributed by atoms with Crippen LogP contribution in [0.15, 0.2) is 0 Å². The van der Waals surface area contributed by atoms with Gasteiger partial charge in [0.15, 0.2) is 0 Å². The molecule has 0 heterocycles. The predicted octanol–water partition coefficient (Wildman–Crippen LogP) is -4.02. The number of hydrogen-bond acceptors (Lipinski definition) is 0. The third-order valence-electron chi connectivity index (χ3n) is 0. The molecule has 0 bridgehead atoms. The molecule has 0 aliphatic carbocycles. The molecule has 28 valence electrons. The Morgan fingerprint density at radius 3 is 0.750 bits per heavy atom. The van der Waals surface area contributed by atoms with Crippen LogP contribution in [0.25, 0.3) is 0 Å². The second-order valence-corrected chi connectivity index (χ2v) is 0. The van der Waals surface area contributed by atoms with Gasteiger partial charge in [0.25, 0.3) is 0 Å². The van der Waals surface area contributed by atoms with Crippen molar-refractivity contribution in [2.24, 2.45) is 0 Å². The van der Waals surface area contributed by atoms with Gasteiger partial charge in [0.2, 0.25) is 0 Å². The molecule has 0 radical (unpaired) electrons. The average molecular weight is 227 g/mol. The van der Waals surface area contributed by atoms with Gasteiger partial charge in [-0.25, -0.2) is 0 Å². The van der Waals surface area contributed by atoms with Crippen molar-refractivity contribution in [3.05, 3.63) is 0 Å². The Balaban J connectivity index is 0. The molecular formula is H10GaInO2. The summed E-state index contributed by atoms with van der Waals surface area (Å²) in [7, 11) is 0. The number of rotatable bonds is 0. The summed E-state index contributed by atoms with van der Waals surface area (Å²) in [5.41, 5.74) is 0. The molecule has 0 atom stereocenters. The average Bonchev–Trinajstić information content (AvgIpc) is 0. The van der Waals surface area contributed by atoms with Crippen molar-refractivity contribution in [3.63, 3.8) is 0 Å². The van der Waals surface area contributed by atoms with Crippen LogP contribution in [-0.2, 0) is 0 Å². The van der Waals surface area contributed by atoms with Crippen molar-refractivity contribution in [2.75, 3.05) is 0 Å². The summed E-state index contributed by atoms with van der Waals surface area (Å²) in [6, 6.07) is 0. The molecule has 4 heteroatoms. The molecule has 0 saturated carbocycles. The van der Waals surface area contributed by atoms with E-state index in [1.807, 2.05) is 0 Å². The first-order valence-electron chi connectivity index (χ1n) is 0. The van der Waals surface area contributed by atoms with Gasteiger partial charge in [-0.05, 0) is 0 Å². The molecule has 0 aliphatic heterocycles. The van der Waals surface area contributed by atoms with Gasteiger partial charge < -0.3 is 11.0 Å². The molecule has 0 amide bonds. The van der Waals surface area contributed by atoms with E-state index in [4.69, 9.17) is 0 Å². The Bertz CT molecular complexity index is 6.00. The van der Waals surface area contributed by atoms with E-state index in [1.165, 1.54) is 0 Å². The monoisotopic (exact) mass is 226 g/mol. The van der Waals surface area contributed by atoms with Crippen molar-refractivity contribution >= 4 is 45.6 Å². The Hall–Kier alpha value is 1.43. The fraction of sp³-hybridized carbons (Fsp3) is 0. The summed E-state index contributed by atoms with van der Waals surface area (Å²) in [6.07, 6.45) is 0. The summed E-state index contributed by atoms with van der Waals surface area (Å²) < 4.78 is 0. The summed E-state index contributed by atoms with van der Waals surface area (Å²) in [4.78, 5) is 0. The van der Waals surface area contributed by atoms with E-state index in [2.05, 4.69) is 0 Å². The van der Waals surface area contributed by atoms with Crippen LogP contribution in [0.2, 0.25) is 0 Å². The Morgan fingerprint density at radius 2 is 0.750 bits per heavy atom. The fourth-order valence-corrected chi connectivity index (χ4v) is 0. The van der Waals surface area contributed by atoms with Crippen LogP contribution in [0.4, 0.5) is 0 Å². The van der Waals surface area contributed by atoms with E-state index >= 15 is 0 Å². The molecule has 0 aromatic carbocycles.